The smallest absolute Gasteiger partial charge is 0.306 e. The number of rotatable bonds is 62. The molecule has 0 saturated carbocycles. The number of carbonyl (C=O) groups is 3. The highest BCUT2D eigenvalue weighted by Crippen LogP contribution is 2.18. The van der Waals surface area contributed by atoms with E-state index in [1.54, 1.807) is 0 Å². The number of hydrogen-bond donors (Lipinski definition) is 0. The monoisotopic (exact) mass is 1060 g/mol. The minimum Gasteiger partial charge on any atom is -0.462 e. The third-order valence-corrected chi connectivity index (χ3v) is 15.0. The first-order chi connectivity index (χ1) is 37.5. The van der Waals surface area contributed by atoms with Crippen molar-refractivity contribution in [1.29, 1.82) is 0 Å². The van der Waals surface area contributed by atoms with Crippen molar-refractivity contribution in [2.75, 3.05) is 13.2 Å². The molecular formula is C70H128O6. The van der Waals surface area contributed by atoms with Crippen LogP contribution in [0.3, 0.4) is 0 Å². The molecule has 0 rings (SSSR count). The molecule has 0 aliphatic rings. The molecule has 1 unspecified atom stereocenters. The third-order valence-electron chi connectivity index (χ3n) is 15.0. The second-order valence-electron chi connectivity index (χ2n) is 22.7. The summed E-state index contributed by atoms with van der Waals surface area (Å²) in [6, 6.07) is 0. The zero-order valence-electron chi connectivity index (χ0n) is 51.0. The van der Waals surface area contributed by atoms with Gasteiger partial charge in [0.2, 0.25) is 0 Å². The Morgan fingerprint density at radius 2 is 0.500 bits per heavy atom. The Morgan fingerprint density at radius 3 is 0.776 bits per heavy atom. The fourth-order valence-corrected chi connectivity index (χ4v) is 9.99. The van der Waals surface area contributed by atoms with Crippen LogP contribution in [-0.2, 0) is 28.6 Å². The van der Waals surface area contributed by atoms with Gasteiger partial charge < -0.3 is 14.2 Å². The Labute approximate surface area is 473 Å². The van der Waals surface area contributed by atoms with Crippen LogP contribution in [0.2, 0.25) is 0 Å². The van der Waals surface area contributed by atoms with Gasteiger partial charge in [0.15, 0.2) is 6.10 Å². The molecule has 0 fully saturated rings. The molecule has 0 spiro atoms. The van der Waals surface area contributed by atoms with E-state index >= 15 is 0 Å². The Morgan fingerprint density at radius 1 is 0.263 bits per heavy atom. The molecular weight excluding hydrogens is 937 g/mol. The molecule has 0 saturated heterocycles. The van der Waals surface area contributed by atoms with Crippen molar-refractivity contribution in [1.82, 2.24) is 0 Å². The van der Waals surface area contributed by atoms with E-state index < -0.39 is 6.10 Å². The summed E-state index contributed by atoms with van der Waals surface area (Å²) in [5.74, 6) is -0.871. The number of esters is 3. The first-order valence-electron chi connectivity index (χ1n) is 33.6. The Hall–Kier alpha value is -2.63. The van der Waals surface area contributed by atoms with Crippen LogP contribution in [0.1, 0.15) is 361 Å². The largest absolute Gasteiger partial charge is 0.462 e. The average Bonchev–Trinajstić information content (AvgIpc) is 3.42. The van der Waals surface area contributed by atoms with Crippen LogP contribution in [0.4, 0.5) is 0 Å². The molecule has 0 radical (unpaired) electrons. The fraction of sp³-hybridized carbons (Fsp3) is 0.843. The van der Waals surface area contributed by atoms with Crippen molar-refractivity contribution in [3.05, 3.63) is 48.6 Å². The Bertz CT molecular complexity index is 1310. The van der Waals surface area contributed by atoms with Gasteiger partial charge in [-0.1, -0.05) is 313 Å². The quantitative estimate of drug-likeness (QED) is 0.0261. The van der Waals surface area contributed by atoms with Gasteiger partial charge in [-0.3, -0.25) is 14.4 Å². The molecule has 1 atom stereocenters. The maximum absolute atomic E-state index is 12.8. The lowest BCUT2D eigenvalue weighted by Crippen LogP contribution is -2.30. The molecule has 0 bridgehead atoms. The van der Waals surface area contributed by atoms with Crippen molar-refractivity contribution in [2.45, 2.75) is 367 Å². The lowest BCUT2D eigenvalue weighted by Gasteiger charge is -2.18. The molecule has 0 aromatic rings. The van der Waals surface area contributed by atoms with Gasteiger partial charge in [0, 0.05) is 19.3 Å². The molecule has 6 nitrogen and oxygen atoms in total. The predicted octanol–water partition coefficient (Wildman–Crippen LogP) is 22.9. The minimum absolute atomic E-state index is 0.0738. The molecule has 0 aliphatic carbocycles. The molecule has 0 amide bonds. The van der Waals surface area contributed by atoms with Gasteiger partial charge in [0.1, 0.15) is 13.2 Å². The minimum atomic E-state index is -0.775. The molecule has 0 aliphatic heterocycles. The highest BCUT2D eigenvalue weighted by atomic mass is 16.6. The predicted molar refractivity (Wildman–Crippen MR) is 330 cm³/mol. The number of ether oxygens (including phenoxy) is 3. The number of unbranched alkanes of at least 4 members (excludes halogenated alkanes) is 43. The SMILES string of the molecule is CCC/C=C\C/C=C\CCCCCCCC(=O)OC(COC(=O)CCCCCCCCCCCC)COC(=O)CCCCCCCCCCCCCCCCCCCCCCCCC/C=C\C/C=C\CCCCCCC. The molecule has 0 aromatic carbocycles. The van der Waals surface area contributed by atoms with E-state index in [0.717, 1.165) is 96.3 Å². The second-order valence-corrected chi connectivity index (χ2v) is 22.7. The van der Waals surface area contributed by atoms with E-state index in [-0.39, 0.29) is 31.1 Å². The lowest BCUT2D eigenvalue weighted by atomic mass is 10.0. The molecule has 0 heterocycles. The van der Waals surface area contributed by atoms with Crippen molar-refractivity contribution >= 4 is 17.9 Å². The summed E-state index contributed by atoms with van der Waals surface area (Å²) in [7, 11) is 0. The summed E-state index contributed by atoms with van der Waals surface area (Å²) in [6.07, 6.45) is 81.6. The summed E-state index contributed by atoms with van der Waals surface area (Å²) in [4.78, 5) is 38.1. The first kappa shape index (κ1) is 73.4. The van der Waals surface area contributed by atoms with Gasteiger partial charge in [-0.2, -0.15) is 0 Å². The molecule has 6 heteroatoms. The highest BCUT2D eigenvalue weighted by Gasteiger charge is 2.19. The average molecular weight is 1070 g/mol. The van der Waals surface area contributed by atoms with Gasteiger partial charge in [0.05, 0.1) is 0 Å². The van der Waals surface area contributed by atoms with Crippen molar-refractivity contribution in [3.63, 3.8) is 0 Å². The third kappa shape index (κ3) is 62.2. The van der Waals surface area contributed by atoms with Crippen molar-refractivity contribution in [3.8, 4) is 0 Å². The van der Waals surface area contributed by atoms with E-state index in [2.05, 4.69) is 69.4 Å². The second kappa shape index (κ2) is 64.9. The lowest BCUT2D eigenvalue weighted by molar-refractivity contribution is -0.167. The summed E-state index contributed by atoms with van der Waals surface area (Å²) >= 11 is 0. The zero-order valence-corrected chi connectivity index (χ0v) is 51.0. The topological polar surface area (TPSA) is 78.9 Å². The fourth-order valence-electron chi connectivity index (χ4n) is 9.99. The van der Waals surface area contributed by atoms with Gasteiger partial charge >= 0.3 is 17.9 Å². The van der Waals surface area contributed by atoms with Crippen LogP contribution in [0, 0.1) is 0 Å². The van der Waals surface area contributed by atoms with Crippen molar-refractivity contribution < 1.29 is 28.6 Å². The van der Waals surface area contributed by atoms with Gasteiger partial charge in [-0.15, -0.1) is 0 Å². The zero-order chi connectivity index (χ0) is 55.0. The van der Waals surface area contributed by atoms with E-state index in [1.807, 2.05) is 0 Å². The van der Waals surface area contributed by atoms with Crippen LogP contribution in [-0.4, -0.2) is 37.2 Å². The Balaban J connectivity index is 3.97. The number of hydrogen-bond acceptors (Lipinski definition) is 6. The van der Waals surface area contributed by atoms with Gasteiger partial charge in [-0.25, -0.2) is 0 Å². The van der Waals surface area contributed by atoms with Crippen LogP contribution < -0.4 is 0 Å². The standard InChI is InChI=1S/C70H128O6/c1-4-7-10-13-16-19-22-24-25-26-27-28-29-30-31-32-33-34-35-36-37-38-39-40-41-42-43-44-45-47-48-51-54-57-60-63-69(72)75-66-67(65-74-68(71)62-59-56-53-50-21-18-15-12-9-6-3)76-70(73)64-61-58-55-52-49-46-23-20-17-14-11-8-5-2/h11,14,20,22-24,26-27,67H,4-10,12-13,15-19,21,25,28-66H2,1-3H3/b14-11-,23-20-,24-22-,27-26-. The molecule has 76 heavy (non-hydrogen) atoms. The molecule has 0 aromatic heterocycles. The van der Waals surface area contributed by atoms with E-state index in [1.165, 1.54) is 225 Å². The molecule has 444 valence electrons. The van der Waals surface area contributed by atoms with E-state index in [4.69, 9.17) is 14.2 Å². The van der Waals surface area contributed by atoms with Crippen LogP contribution in [0.25, 0.3) is 0 Å². The van der Waals surface area contributed by atoms with Gasteiger partial charge in [-0.05, 0) is 77.0 Å². The van der Waals surface area contributed by atoms with Crippen molar-refractivity contribution in [2.24, 2.45) is 0 Å². The summed E-state index contributed by atoms with van der Waals surface area (Å²) < 4.78 is 16.9. The van der Waals surface area contributed by atoms with Crippen LogP contribution in [0.15, 0.2) is 48.6 Å². The number of allylic oxidation sites excluding steroid dienone is 8. The van der Waals surface area contributed by atoms with Crippen LogP contribution in [0.5, 0.6) is 0 Å². The normalized spacial score (nSPS) is 12.3. The van der Waals surface area contributed by atoms with E-state index in [0.29, 0.717) is 19.3 Å². The van der Waals surface area contributed by atoms with E-state index in [9.17, 15) is 14.4 Å². The maximum atomic E-state index is 12.8. The number of carbonyl (C=O) groups excluding carboxylic acids is 3. The van der Waals surface area contributed by atoms with Crippen LogP contribution >= 0.6 is 0 Å². The summed E-state index contributed by atoms with van der Waals surface area (Å²) in [5, 5.41) is 0. The molecule has 0 N–H and O–H groups in total. The maximum Gasteiger partial charge on any atom is 0.306 e. The highest BCUT2D eigenvalue weighted by molar-refractivity contribution is 5.71. The Kier molecular flexibility index (Phi) is 62.6. The summed E-state index contributed by atoms with van der Waals surface area (Å²) in [6.45, 7) is 6.58. The first-order valence-corrected chi connectivity index (χ1v) is 33.6. The summed E-state index contributed by atoms with van der Waals surface area (Å²) in [5.41, 5.74) is 0. The van der Waals surface area contributed by atoms with Gasteiger partial charge in [0.25, 0.3) is 0 Å².